The van der Waals surface area contributed by atoms with Crippen molar-refractivity contribution in [1.82, 2.24) is 14.7 Å². The van der Waals surface area contributed by atoms with Gasteiger partial charge < -0.3 is 4.90 Å². The van der Waals surface area contributed by atoms with Gasteiger partial charge in [0.25, 0.3) is 11.8 Å². The number of carbonyl (C=O) groups excluding carboxylic acids is 2. The molecule has 0 atom stereocenters. The van der Waals surface area contributed by atoms with Crippen molar-refractivity contribution in [3.05, 3.63) is 75.4 Å². The molecule has 0 saturated carbocycles. The summed E-state index contributed by atoms with van der Waals surface area (Å²) < 4.78 is 1.55. The fraction of sp³-hybridized carbons (Fsp3) is 0.320. The Kier molecular flexibility index (Phi) is 5.14. The average molecular weight is 434 g/mol. The molecule has 5 nitrogen and oxygen atoms in total. The van der Waals surface area contributed by atoms with Crippen LogP contribution in [0, 0.1) is 6.92 Å². The van der Waals surface area contributed by atoms with Crippen molar-refractivity contribution in [2.75, 3.05) is 13.1 Å². The largest absolute Gasteiger partial charge is 0.339 e. The first-order chi connectivity index (χ1) is 15.0. The molecule has 2 heterocycles. The van der Waals surface area contributed by atoms with Crippen molar-refractivity contribution < 1.29 is 9.59 Å². The molecule has 5 rings (SSSR count). The van der Waals surface area contributed by atoms with Gasteiger partial charge in [0, 0.05) is 29.8 Å². The van der Waals surface area contributed by atoms with E-state index in [1.165, 1.54) is 0 Å². The summed E-state index contributed by atoms with van der Waals surface area (Å²) in [7, 11) is 0. The highest BCUT2D eigenvalue weighted by molar-refractivity contribution is 6.34. The van der Waals surface area contributed by atoms with Crippen molar-refractivity contribution in [2.45, 2.75) is 39.0 Å². The summed E-state index contributed by atoms with van der Waals surface area (Å²) in [6, 6.07) is 13.1. The average Bonchev–Trinajstić information content (AvgIpc) is 3.12. The predicted octanol–water partition coefficient (Wildman–Crippen LogP) is 4.93. The highest BCUT2D eigenvalue weighted by Crippen LogP contribution is 2.33. The van der Waals surface area contributed by atoms with Crippen LogP contribution in [0.1, 0.15) is 56.8 Å². The predicted molar refractivity (Wildman–Crippen MR) is 121 cm³/mol. The summed E-state index contributed by atoms with van der Waals surface area (Å²) in [5.74, 6) is -0.105. The molecule has 31 heavy (non-hydrogen) atoms. The van der Waals surface area contributed by atoms with Gasteiger partial charge in [0.2, 0.25) is 0 Å². The lowest BCUT2D eigenvalue weighted by molar-refractivity contribution is 0.0651. The number of amides is 1. The van der Waals surface area contributed by atoms with Crippen LogP contribution >= 0.6 is 11.6 Å². The number of hydrogen-bond acceptors (Lipinski definition) is 3. The fourth-order valence-corrected chi connectivity index (χ4v) is 4.78. The molecule has 1 aromatic heterocycles. The topological polar surface area (TPSA) is 55.2 Å². The Hall–Kier alpha value is -2.92. The smallest absolute Gasteiger partial charge is 0.280 e. The lowest BCUT2D eigenvalue weighted by Gasteiger charge is -2.30. The second-order valence-corrected chi connectivity index (χ2v) is 8.76. The van der Waals surface area contributed by atoms with Crippen molar-refractivity contribution in [3.63, 3.8) is 0 Å². The molecule has 1 saturated heterocycles. The van der Waals surface area contributed by atoms with E-state index in [1.807, 2.05) is 48.2 Å². The third-order valence-corrected chi connectivity index (χ3v) is 6.67. The number of aryl methyl sites for hydroxylation is 1. The molecule has 3 aromatic rings. The van der Waals surface area contributed by atoms with Gasteiger partial charge in [-0.25, -0.2) is 0 Å². The zero-order valence-electron chi connectivity index (χ0n) is 17.5. The van der Waals surface area contributed by atoms with Crippen LogP contribution in [-0.2, 0) is 12.8 Å². The maximum absolute atomic E-state index is 13.4. The van der Waals surface area contributed by atoms with E-state index < -0.39 is 0 Å². The Balaban J connectivity index is 1.54. The third kappa shape index (κ3) is 3.47. The minimum absolute atomic E-state index is 0.0785. The molecule has 1 aliphatic heterocycles. The number of halogens is 1. The molecule has 1 aliphatic carbocycles. The van der Waals surface area contributed by atoms with E-state index in [1.54, 1.807) is 10.7 Å². The van der Waals surface area contributed by atoms with E-state index in [-0.39, 0.29) is 11.8 Å². The van der Waals surface area contributed by atoms with Gasteiger partial charge in [0.15, 0.2) is 0 Å². The maximum Gasteiger partial charge on any atom is 0.280 e. The molecular weight excluding hydrogens is 410 g/mol. The summed E-state index contributed by atoms with van der Waals surface area (Å²) in [5.41, 5.74) is 5.91. The van der Waals surface area contributed by atoms with Crippen LogP contribution < -0.4 is 0 Å². The Morgan fingerprint density at radius 1 is 0.935 bits per heavy atom. The zero-order valence-corrected chi connectivity index (χ0v) is 18.3. The second kappa shape index (κ2) is 7.97. The van der Waals surface area contributed by atoms with E-state index >= 15 is 0 Å². The van der Waals surface area contributed by atoms with Crippen molar-refractivity contribution >= 4 is 23.4 Å². The third-order valence-electron chi connectivity index (χ3n) is 6.36. The quantitative estimate of drug-likeness (QED) is 0.588. The molecular formula is C25H24ClN3O2. The molecule has 0 bridgehead atoms. The van der Waals surface area contributed by atoms with Crippen LogP contribution in [0.5, 0.6) is 0 Å². The van der Waals surface area contributed by atoms with Crippen LogP contribution in [0.3, 0.4) is 0 Å². The number of aromatic nitrogens is 2. The molecule has 158 valence electrons. The molecule has 0 N–H and O–H groups in total. The van der Waals surface area contributed by atoms with Crippen LogP contribution in [0.15, 0.2) is 42.5 Å². The van der Waals surface area contributed by atoms with Gasteiger partial charge in [-0.1, -0.05) is 35.9 Å². The highest BCUT2D eigenvalue weighted by atomic mass is 35.5. The first kappa shape index (κ1) is 20.0. The maximum atomic E-state index is 13.4. The highest BCUT2D eigenvalue weighted by Gasteiger charge is 2.27. The molecule has 2 aromatic carbocycles. The lowest BCUT2D eigenvalue weighted by Crippen LogP contribution is -2.41. The van der Waals surface area contributed by atoms with E-state index in [0.717, 1.165) is 73.3 Å². The van der Waals surface area contributed by atoms with Crippen LogP contribution in [0.25, 0.3) is 11.3 Å². The van der Waals surface area contributed by atoms with E-state index in [0.29, 0.717) is 16.1 Å². The fourth-order valence-electron chi connectivity index (χ4n) is 4.48. The number of hydrogen-bond donors (Lipinski definition) is 0. The number of benzene rings is 2. The minimum Gasteiger partial charge on any atom is -0.339 e. The molecule has 0 radical (unpaired) electrons. The zero-order chi connectivity index (χ0) is 21.5. The summed E-state index contributed by atoms with van der Waals surface area (Å²) >= 11 is 6.37. The van der Waals surface area contributed by atoms with Crippen LogP contribution in [-0.4, -0.2) is 39.6 Å². The van der Waals surface area contributed by atoms with E-state index in [4.69, 9.17) is 16.7 Å². The Labute approximate surface area is 186 Å². The summed E-state index contributed by atoms with van der Waals surface area (Å²) in [4.78, 5) is 27.8. The van der Waals surface area contributed by atoms with Gasteiger partial charge in [-0.05, 0) is 62.8 Å². The van der Waals surface area contributed by atoms with Crippen molar-refractivity contribution in [3.8, 4) is 11.3 Å². The molecule has 6 heteroatoms. The summed E-state index contributed by atoms with van der Waals surface area (Å²) in [5, 5.41) is 5.22. The Morgan fingerprint density at radius 3 is 2.35 bits per heavy atom. The van der Waals surface area contributed by atoms with Gasteiger partial charge in [-0.3, -0.25) is 9.59 Å². The van der Waals surface area contributed by atoms with Crippen LogP contribution in [0.4, 0.5) is 0 Å². The van der Waals surface area contributed by atoms with Gasteiger partial charge in [-0.15, -0.1) is 0 Å². The van der Waals surface area contributed by atoms with Crippen molar-refractivity contribution in [2.24, 2.45) is 0 Å². The number of fused-ring (bicyclic) bond motifs is 1. The number of nitrogens with zero attached hydrogens (tertiary/aromatic N) is 3. The first-order valence-electron chi connectivity index (χ1n) is 10.8. The molecule has 1 fully saturated rings. The molecule has 1 amide bonds. The Bertz CT molecular complexity index is 1160. The molecule has 2 aliphatic rings. The van der Waals surface area contributed by atoms with Gasteiger partial charge in [-0.2, -0.15) is 9.78 Å². The number of carbonyl (C=O) groups is 2. The van der Waals surface area contributed by atoms with Crippen molar-refractivity contribution in [1.29, 1.82) is 0 Å². The monoisotopic (exact) mass is 433 g/mol. The minimum atomic E-state index is -0.183. The molecule has 0 spiro atoms. The van der Waals surface area contributed by atoms with Gasteiger partial charge in [0.05, 0.1) is 22.0 Å². The Morgan fingerprint density at radius 2 is 1.68 bits per heavy atom. The van der Waals surface area contributed by atoms with E-state index in [9.17, 15) is 9.59 Å². The van der Waals surface area contributed by atoms with Crippen LogP contribution in [0.2, 0.25) is 5.02 Å². The standard InChI is InChI=1S/C25H24ClN3O2/c1-16-6-4-8-20(26)22(16)25(31)29-21-9-3-2-7-19(21)23(27-29)17-10-12-18(13-11-17)24(30)28-14-5-15-28/h4,6,8,10-13H,2-3,5,7,9,14-15H2,1H3. The van der Waals surface area contributed by atoms with E-state index in [2.05, 4.69) is 0 Å². The number of rotatable bonds is 3. The first-order valence-corrected chi connectivity index (χ1v) is 11.2. The second-order valence-electron chi connectivity index (χ2n) is 8.35. The molecule has 0 unspecified atom stereocenters. The van der Waals surface area contributed by atoms with Gasteiger partial charge >= 0.3 is 0 Å². The summed E-state index contributed by atoms with van der Waals surface area (Å²) in [6.07, 6.45) is 4.91. The SMILES string of the molecule is Cc1cccc(Cl)c1C(=O)n1nc(-c2ccc(C(=O)N3CCC3)cc2)c2c1CCCC2. The summed E-state index contributed by atoms with van der Waals surface area (Å²) in [6.45, 7) is 3.56. The normalized spacial score (nSPS) is 15.4. The number of likely N-dealkylation sites (tertiary alicyclic amines) is 1. The van der Waals surface area contributed by atoms with Gasteiger partial charge in [0.1, 0.15) is 0 Å². The lowest BCUT2D eigenvalue weighted by atomic mass is 9.93.